The van der Waals surface area contributed by atoms with Gasteiger partial charge in [0.1, 0.15) is 0 Å². The lowest BCUT2D eigenvalue weighted by Crippen LogP contribution is -2.49. The van der Waals surface area contributed by atoms with Gasteiger partial charge in [-0.15, -0.1) is 0 Å². The Morgan fingerprint density at radius 3 is 2.35 bits per heavy atom. The molecule has 0 radical (unpaired) electrons. The van der Waals surface area contributed by atoms with E-state index >= 15 is 0 Å². The standard InChI is InChI=1S/C23H24/c1-5-7-11-19-17(6-2)18-12-8-9-13-20(18)21-14-10-15-23(3,4)16-22(19)21/h5-16H,1-4H3/b7-5+,17-6-,19-11+. The van der Waals surface area contributed by atoms with Crippen LogP contribution >= 0.6 is 0 Å². The first kappa shape index (κ1) is 15.6. The molecule has 0 heteroatoms. The van der Waals surface area contributed by atoms with Crippen LogP contribution in [0, 0.1) is 5.41 Å². The highest BCUT2D eigenvalue weighted by Gasteiger charge is 2.12. The Kier molecular flexibility index (Phi) is 4.09. The van der Waals surface area contributed by atoms with Crippen molar-refractivity contribution in [3.05, 3.63) is 69.4 Å². The van der Waals surface area contributed by atoms with E-state index in [2.05, 4.69) is 101 Å². The maximum Gasteiger partial charge on any atom is 0.00169 e. The number of fused-ring (bicyclic) bond motifs is 3. The zero-order valence-corrected chi connectivity index (χ0v) is 14.4. The smallest absolute Gasteiger partial charge is 0.00169 e. The van der Waals surface area contributed by atoms with E-state index in [-0.39, 0.29) is 5.41 Å². The van der Waals surface area contributed by atoms with E-state index in [9.17, 15) is 0 Å². The van der Waals surface area contributed by atoms with E-state index in [1.807, 2.05) is 0 Å². The summed E-state index contributed by atoms with van der Waals surface area (Å²) in [6.07, 6.45) is 17.8. The first-order valence-corrected chi connectivity index (χ1v) is 8.30. The molecule has 0 heterocycles. The monoisotopic (exact) mass is 300 g/mol. The van der Waals surface area contributed by atoms with Crippen LogP contribution in [0.25, 0.3) is 35.1 Å². The van der Waals surface area contributed by atoms with Crippen LogP contribution in [0.5, 0.6) is 0 Å². The lowest BCUT2D eigenvalue weighted by Gasteiger charge is -2.13. The Balaban J connectivity index is 2.73. The van der Waals surface area contributed by atoms with Crippen molar-refractivity contribution in [2.45, 2.75) is 27.7 Å². The molecule has 1 aliphatic rings. The molecule has 0 N–H and O–H groups in total. The molecule has 1 aliphatic carbocycles. The number of benzene rings is 2. The van der Waals surface area contributed by atoms with Crippen LogP contribution in [0.15, 0.2) is 48.6 Å². The largest absolute Gasteiger partial charge is 0.0876 e. The number of rotatable bonds is 1. The zero-order chi connectivity index (χ0) is 16.4. The molecule has 2 aromatic rings. The van der Waals surface area contributed by atoms with Gasteiger partial charge in [-0.05, 0) is 45.5 Å². The molecule has 2 aromatic carbocycles. The van der Waals surface area contributed by atoms with Crippen LogP contribution in [-0.2, 0) is 0 Å². The fraction of sp³-hybridized carbons (Fsp3) is 0.217. The molecule has 0 fully saturated rings. The number of hydrogen-bond acceptors (Lipinski definition) is 0. The third-order valence-corrected chi connectivity index (χ3v) is 4.43. The van der Waals surface area contributed by atoms with E-state index < -0.39 is 0 Å². The minimum absolute atomic E-state index is 0.0493. The molecular weight excluding hydrogens is 276 g/mol. The van der Waals surface area contributed by atoms with Crippen molar-refractivity contribution < 1.29 is 0 Å². The maximum atomic E-state index is 2.40. The van der Waals surface area contributed by atoms with Gasteiger partial charge in [0, 0.05) is 5.41 Å². The lowest BCUT2D eigenvalue weighted by molar-refractivity contribution is 0.670. The van der Waals surface area contributed by atoms with Crippen LogP contribution in [0.1, 0.15) is 27.7 Å². The Morgan fingerprint density at radius 2 is 1.65 bits per heavy atom. The molecule has 0 aliphatic heterocycles. The van der Waals surface area contributed by atoms with E-state index in [4.69, 9.17) is 0 Å². The Bertz CT molecular complexity index is 1040. The Hall–Kier alpha value is -2.34. The van der Waals surface area contributed by atoms with Gasteiger partial charge in [-0.1, -0.05) is 86.7 Å². The molecule has 116 valence electrons. The van der Waals surface area contributed by atoms with Gasteiger partial charge in [-0.25, -0.2) is 0 Å². The SMILES string of the molecule is C\C=c1/c(=C\C=C\C)c2c(c3ccccc13)=CC=CC(C)(C)C=2. The molecular formula is C23H24. The zero-order valence-electron chi connectivity index (χ0n) is 14.4. The molecule has 0 unspecified atom stereocenters. The molecule has 0 spiro atoms. The van der Waals surface area contributed by atoms with Crippen LogP contribution in [0.2, 0.25) is 0 Å². The van der Waals surface area contributed by atoms with Crippen molar-refractivity contribution in [2.75, 3.05) is 0 Å². The van der Waals surface area contributed by atoms with Crippen LogP contribution in [0.4, 0.5) is 0 Å². The summed E-state index contributed by atoms with van der Waals surface area (Å²) in [6, 6.07) is 8.72. The molecule has 0 atom stereocenters. The minimum Gasteiger partial charge on any atom is -0.0876 e. The number of hydrogen-bond donors (Lipinski definition) is 0. The summed E-state index contributed by atoms with van der Waals surface area (Å²) >= 11 is 0. The first-order chi connectivity index (χ1) is 11.1. The summed E-state index contributed by atoms with van der Waals surface area (Å²) in [6.45, 7) is 8.71. The predicted octanol–water partition coefficient (Wildman–Crippen LogP) is 3.15. The average Bonchev–Trinajstić information content (AvgIpc) is 2.70. The summed E-state index contributed by atoms with van der Waals surface area (Å²) in [5, 5.41) is 7.94. The highest BCUT2D eigenvalue weighted by molar-refractivity contribution is 5.86. The van der Waals surface area contributed by atoms with E-state index in [0.29, 0.717) is 0 Å². The fourth-order valence-corrected chi connectivity index (χ4v) is 3.36. The van der Waals surface area contributed by atoms with Gasteiger partial charge in [0.15, 0.2) is 0 Å². The Morgan fingerprint density at radius 1 is 0.913 bits per heavy atom. The highest BCUT2D eigenvalue weighted by atomic mass is 14.2. The second-order valence-electron chi connectivity index (χ2n) is 6.67. The summed E-state index contributed by atoms with van der Waals surface area (Å²) < 4.78 is 0. The van der Waals surface area contributed by atoms with Crippen molar-refractivity contribution in [2.24, 2.45) is 5.41 Å². The van der Waals surface area contributed by atoms with Gasteiger partial charge < -0.3 is 0 Å². The quantitative estimate of drug-likeness (QED) is 0.759. The minimum atomic E-state index is 0.0493. The molecule has 0 nitrogen and oxygen atoms in total. The van der Waals surface area contributed by atoms with Gasteiger partial charge in [-0.2, -0.15) is 0 Å². The number of allylic oxidation sites excluding steroid dienone is 4. The molecule has 0 aromatic heterocycles. The third-order valence-electron chi connectivity index (χ3n) is 4.43. The van der Waals surface area contributed by atoms with Gasteiger partial charge in [0.2, 0.25) is 0 Å². The van der Waals surface area contributed by atoms with Crippen LogP contribution < -0.4 is 20.9 Å². The first-order valence-electron chi connectivity index (χ1n) is 8.30. The van der Waals surface area contributed by atoms with Crippen molar-refractivity contribution in [1.82, 2.24) is 0 Å². The Labute approximate surface area is 138 Å². The summed E-state index contributed by atoms with van der Waals surface area (Å²) in [4.78, 5) is 0. The van der Waals surface area contributed by atoms with Crippen molar-refractivity contribution >= 4 is 35.1 Å². The molecule has 0 saturated carbocycles. The summed E-state index contributed by atoms with van der Waals surface area (Å²) in [5.41, 5.74) is 0.0493. The summed E-state index contributed by atoms with van der Waals surface area (Å²) in [5.74, 6) is 0. The van der Waals surface area contributed by atoms with Gasteiger partial charge in [-0.3, -0.25) is 0 Å². The molecule has 23 heavy (non-hydrogen) atoms. The van der Waals surface area contributed by atoms with E-state index in [1.54, 1.807) is 0 Å². The van der Waals surface area contributed by atoms with Crippen LogP contribution in [0.3, 0.4) is 0 Å². The molecule has 0 bridgehead atoms. The van der Waals surface area contributed by atoms with Crippen molar-refractivity contribution in [3.63, 3.8) is 0 Å². The van der Waals surface area contributed by atoms with Gasteiger partial charge in [0.25, 0.3) is 0 Å². The topological polar surface area (TPSA) is 0 Å². The average molecular weight is 300 g/mol. The molecule has 3 rings (SSSR count). The van der Waals surface area contributed by atoms with Gasteiger partial charge in [0.05, 0.1) is 0 Å². The second-order valence-corrected chi connectivity index (χ2v) is 6.67. The third kappa shape index (κ3) is 2.82. The maximum absolute atomic E-state index is 2.40. The van der Waals surface area contributed by atoms with E-state index in [0.717, 1.165) is 0 Å². The predicted molar refractivity (Wildman–Crippen MR) is 104 cm³/mol. The van der Waals surface area contributed by atoms with E-state index in [1.165, 1.54) is 31.6 Å². The van der Waals surface area contributed by atoms with Crippen molar-refractivity contribution in [3.8, 4) is 0 Å². The second kappa shape index (κ2) is 6.04. The normalized spacial score (nSPS) is 17.9. The van der Waals surface area contributed by atoms with Gasteiger partial charge >= 0.3 is 0 Å². The lowest BCUT2D eigenvalue weighted by atomic mass is 9.91. The van der Waals surface area contributed by atoms with Crippen LogP contribution in [-0.4, -0.2) is 0 Å². The summed E-state index contributed by atoms with van der Waals surface area (Å²) in [7, 11) is 0. The highest BCUT2D eigenvalue weighted by Crippen LogP contribution is 2.19. The van der Waals surface area contributed by atoms with Crippen molar-refractivity contribution in [1.29, 1.82) is 0 Å². The fourth-order valence-electron chi connectivity index (χ4n) is 3.36. The molecule has 0 saturated heterocycles. The molecule has 0 amide bonds.